The third kappa shape index (κ3) is 3.53. The Bertz CT molecular complexity index is 740. The van der Waals surface area contributed by atoms with Gasteiger partial charge in [-0.1, -0.05) is 0 Å². The predicted octanol–water partition coefficient (Wildman–Crippen LogP) is 1.62. The molecule has 1 atom stereocenters. The van der Waals surface area contributed by atoms with E-state index in [-0.39, 0.29) is 17.5 Å². The lowest BCUT2D eigenvalue weighted by Gasteiger charge is -2.22. The Morgan fingerprint density at radius 3 is 3.10 bits per heavy atom. The van der Waals surface area contributed by atoms with E-state index in [0.29, 0.717) is 19.6 Å². The fraction of sp³-hybridized carbons (Fsp3) is 0.500. The van der Waals surface area contributed by atoms with Crippen LogP contribution in [0.15, 0.2) is 18.2 Å². The molecular formula is C14H18N2O3S2. The zero-order valence-electron chi connectivity index (χ0n) is 11.8. The molecule has 114 valence electrons. The Morgan fingerprint density at radius 2 is 2.33 bits per heavy atom. The zero-order valence-corrected chi connectivity index (χ0v) is 13.5. The van der Waals surface area contributed by atoms with Crippen molar-refractivity contribution >= 4 is 31.4 Å². The molecule has 1 N–H and O–H groups in total. The van der Waals surface area contributed by atoms with Crippen molar-refractivity contribution < 1.29 is 13.2 Å². The molecule has 1 unspecified atom stereocenters. The van der Waals surface area contributed by atoms with Gasteiger partial charge in [0.2, 0.25) is 0 Å². The first-order valence-corrected chi connectivity index (χ1v) is 9.65. The predicted molar refractivity (Wildman–Crippen MR) is 84.9 cm³/mol. The highest BCUT2D eigenvalue weighted by atomic mass is 32.2. The summed E-state index contributed by atoms with van der Waals surface area (Å²) >= 11 is 1.61. The first-order chi connectivity index (χ1) is 10.1. The molecule has 1 aromatic heterocycles. The highest BCUT2D eigenvalue weighted by molar-refractivity contribution is 7.91. The minimum atomic E-state index is -2.90. The van der Waals surface area contributed by atoms with Crippen LogP contribution in [0.5, 0.6) is 5.75 Å². The number of nitrogens with zero attached hydrogens (tertiary/aromatic N) is 1. The topological polar surface area (TPSA) is 68.3 Å². The van der Waals surface area contributed by atoms with Gasteiger partial charge in [0.25, 0.3) is 0 Å². The van der Waals surface area contributed by atoms with Crippen LogP contribution in [0.2, 0.25) is 0 Å². The lowest BCUT2D eigenvalue weighted by Crippen LogP contribution is -2.46. The van der Waals surface area contributed by atoms with Crippen molar-refractivity contribution in [1.82, 2.24) is 10.3 Å². The third-order valence-electron chi connectivity index (χ3n) is 3.44. The SMILES string of the molecule is CCOc1ccc2nc(CC3CS(=O)(=O)CCN3)sc2c1. The molecule has 3 rings (SSSR count). The summed E-state index contributed by atoms with van der Waals surface area (Å²) < 4.78 is 29.9. The number of nitrogens with one attached hydrogen (secondary N) is 1. The summed E-state index contributed by atoms with van der Waals surface area (Å²) in [6.07, 6.45) is 0.655. The maximum Gasteiger partial charge on any atom is 0.153 e. The molecule has 0 amide bonds. The quantitative estimate of drug-likeness (QED) is 0.925. The van der Waals surface area contributed by atoms with E-state index in [9.17, 15) is 8.42 Å². The minimum absolute atomic E-state index is 0.0318. The average molecular weight is 326 g/mol. The summed E-state index contributed by atoms with van der Waals surface area (Å²) in [5.74, 6) is 1.28. The van der Waals surface area contributed by atoms with Gasteiger partial charge in [0.15, 0.2) is 9.84 Å². The van der Waals surface area contributed by atoms with Crippen LogP contribution >= 0.6 is 11.3 Å². The highest BCUT2D eigenvalue weighted by Gasteiger charge is 2.25. The number of hydrogen-bond acceptors (Lipinski definition) is 6. The van der Waals surface area contributed by atoms with Crippen molar-refractivity contribution in [2.75, 3.05) is 24.7 Å². The van der Waals surface area contributed by atoms with Gasteiger partial charge >= 0.3 is 0 Å². The van der Waals surface area contributed by atoms with Crippen LogP contribution in [0.3, 0.4) is 0 Å². The summed E-state index contributed by atoms with van der Waals surface area (Å²) in [6.45, 7) is 3.13. The van der Waals surface area contributed by atoms with Crippen molar-refractivity contribution in [1.29, 1.82) is 0 Å². The standard InChI is InChI=1S/C14H18N2O3S2/c1-2-19-11-3-4-12-13(8-11)20-14(16-12)7-10-9-21(17,18)6-5-15-10/h3-4,8,10,15H,2,5-7,9H2,1H3. The Balaban J connectivity index is 1.78. The second kappa shape index (κ2) is 5.90. The number of thiazole rings is 1. The Kier molecular flexibility index (Phi) is 4.14. The molecule has 0 spiro atoms. The van der Waals surface area contributed by atoms with Crippen LogP contribution in [0.4, 0.5) is 0 Å². The summed E-state index contributed by atoms with van der Waals surface area (Å²) in [6, 6.07) is 5.82. The molecule has 1 aromatic carbocycles. The number of fused-ring (bicyclic) bond motifs is 1. The second-order valence-electron chi connectivity index (χ2n) is 5.14. The highest BCUT2D eigenvalue weighted by Crippen LogP contribution is 2.27. The first-order valence-electron chi connectivity index (χ1n) is 7.02. The summed E-state index contributed by atoms with van der Waals surface area (Å²) in [5.41, 5.74) is 0.942. The molecule has 0 radical (unpaired) electrons. The van der Waals surface area contributed by atoms with Crippen molar-refractivity contribution in [3.05, 3.63) is 23.2 Å². The molecule has 0 aliphatic carbocycles. The first kappa shape index (κ1) is 14.7. The number of sulfone groups is 1. The molecule has 1 fully saturated rings. The maximum atomic E-state index is 11.7. The van der Waals surface area contributed by atoms with Gasteiger partial charge in [0.1, 0.15) is 5.75 Å². The smallest absolute Gasteiger partial charge is 0.153 e. The molecule has 1 aliphatic heterocycles. The number of aromatic nitrogens is 1. The zero-order chi connectivity index (χ0) is 14.9. The summed E-state index contributed by atoms with van der Waals surface area (Å²) in [5, 5.41) is 4.23. The van der Waals surface area contributed by atoms with Gasteiger partial charge in [-0.25, -0.2) is 13.4 Å². The van der Waals surface area contributed by atoms with Gasteiger partial charge in [-0.3, -0.25) is 0 Å². The van der Waals surface area contributed by atoms with E-state index in [1.807, 2.05) is 25.1 Å². The number of ether oxygens (including phenoxy) is 1. The normalized spacial score (nSPS) is 21.5. The van der Waals surface area contributed by atoms with Crippen molar-refractivity contribution in [3.63, 3.8) is 0 Å². The van der Waals surface area contributed by atoms with Crippen LogP contribution in [-0.4, -0.2) is 44.1 Å². The molecule has 2 heterocycles. The van der Waals surface area contributed by atoms with Gasteiger partial charge in [-0.15, -0.1) is 11.3 Å². The molecule has 21 heavy (non-hydrogen) atoms. The van der Waals surface area contributed by atoms with E-state index in [4.69, 9.17) is 4.74 Å². The van der Waals surface area contributed by atoms with Crippen LogP contribution in [-0.2, 0) is 16.3 Å². The molecule has 1 aliphatic rings. The van der Waals surface area contributed by atoms with Gasteiger partial charge in [-0.2, -0.15) is 0 Å². The molecule has 7 heteroatoms. The maximum absolute atomic E-state index is 11.7. The van der Waals surface area contributed by atoms with E-state index < -0.39 is 9.84 Å². The van der Waals surface area contributed by atoms with E-state index in [0.717, 1.165) is 21.0 Å². The average Bonchev–Trinajstić information content (AvgIpc) is 2.79. The van der Waals surface area contributed by atoms with Gasteiger partial charge in [-0.05, 0) is 25.1 Å². The summed E-state index contributed by atoms with van der Waals surface area (Å²) in [7, 11) is -2.90. The van der Waals surface area contributed by atoms with Crippen LogP contribution in [0, 0.1) is 0 Å². The molecule has 0 bridgehead atoms. The van der Waals surface area contributed by atoms with Crippen LogP contribution in [0.25, 0.3) is 10.2 Å². The monoisotopic (exact) mass is 326 g/mol. The number of rotatable bonds is 4. The van der Waals surface area contributed by atoms with E-state index >= 15 is 0 Å². The van der Waals surface area contributed by atoms with Crippen molar-refractivity contribution in [2.24, 2.45) is 0 Å². The lowest BCUT2D eigenvalue weighted by molar-refractivity contribution is 0.341. The number of benzene rings is 1. The minimum Gasteiger partial charge on any atom is -0.494 e. The van der Waals surface area contributed by atoms with E-state index in [1.54, 1.807) is 11.3 Å². The van der Waals surface area contributed by atoms with Gasteiger partial charge in [0.05, 0.1) is 33.3 Å². The Hall–Kier alpha value is -1.18. The molecule has 0 saturated carbocycles. The van der Waals surface area contributed by atoms with E-state index in [2.05, 4.69) is 10.3 Å². The Morgan fingerprint density at radius 1 is 1.48 bits per heavy atom. The Labute approximate surface area is 128 Å². The molecule has 5 nitrogen and oxygen atoms in total. The largest absolute Gasteiger partial charge is 0.494 e. The molecular weight excluding hydrogens is 308 g/mol. The fourth-order valence-electron chi connectivity index (χ4n) is 2.51. The van der Waals surface area contributed by atoms with Gasteiger partial charge < -0.3 is 10.1 Å². The third-order valence-corrected chi connectivity index (χ3v) is 6.21. The molecule has 1 saturated heterocycles. The summed E-state index contributed by atoms with van der Waals surface area (Å²) in [4.78, 5) is 4.58. The molecule has 2 aromatic rings. The van der Waals surface area contributed by atoms with Crippen LogP contribution < -0.4 is 10.1 Å². The van der Waals surface area contributed by atoms with Gasteiger partial charge in [0, 0.05) is 19.0 Å². The van der Waals surface area contributed by atoms with E-state index in [1.165, 1.54) is 0 Å². The fourth-order valence-corrected chi connectivity index (χ4v) is 5.03. The number of hydrogen-bond donors (Lipinski definition) is 1. The lowest BCUT2D eigenvalue weighted by atomic mass is 10.2. The second-order valence-corrected chi connectivity index (χ2v) is 8.48. The van der Waals surface area contributed by atoms with Crippen molar-refractivity contribution in [2.45, 2.75) is 19.4 Å². The van der Waals surface area contributed by atoms with Crippen LogP contribution in [0.1, 0.15) is 11.9 Å². The van der Waals surface area contributed by atoms with Crippen molar-refractivity contribution in [3.8, 4) is 5.75 Å².